The molecule has 0 unspecified atom stereocenters. The number of allylic oxidation sites excluding steroid dienone is 4. The lowest BCUT2D eigenvalue weighted by Crippen LogP contribution is -2.62. The summed E-state index contributed by atoms with van der Waals surface area (Å²) in [5.41, 5.74) is -1.96. The first kappa shape index (κ1) is 56.9. The second-order valence-electron chi connectivity index (χ2n) is 21.1. The number of aliphatic hydroxyl groups is 4. The predicted molar refractivity (Wildman–Crippen MR) is 259 cm³/mol. The van der Waals surface area contributed by atoms with Crippen LogP contribution in [0.15, 0.2) is 42.7 Å². The Balaban J connectivity index is 1.63. The van der Waals surface area contributed by atoms with E-state index in [2.05, 4.69) is 35.6 Å². The number of hydrogen-bond donors (Lipinski definition) is 5. The van der Waals surface area contributed by atoms with Crippen LogP contribution in [0.5, 0.6) is 0 Å². The standard InChI is InChI=1S/C52H85N5O11/c1-14-39-19-17-15-16-18-32(4)48(62)51(11,65)49(63)37(9)46(61)36(8)45(60)35(7)44(59)31(3)20-23-43(58)66-47-34(6)41(22-21-39)67-52(38(47)10)25-24-30(2)42(68-52)28-33(5)57-29-40(54-55-57)50(64)53-26-27-56(12)13/h15-17,19-20,23,29-39,41-42,44,46-48,59,61-62,65H,14,18,21-22,24-28H2,1-13H3,(H,53,64)/b16-15+,19-17+,23-20+/t30-,31-,32+,33-,34+,35-,36-,37-,38+,39-,41-,42-,44+,46+,47+,48-,51+,52-/m0/s1. The number of amides is 1. The molecule has 1 aromatic rings. The minimum atomic E-state index is -2.20. The van der Waals surface area contributed by atoms with E-state index < -0.39 is 82.9 Å². The number of fused-ring (bicyclic) bond motifs is 2. The van der Waals surface area contributed by atoms with Gasteiger partial charge >= 0.3 is 5.97 Å². The van der Waals surface area contributed by atoms with Crippen LogP contribution in [0.4, 0.5) is 0 Å². The van der Waals surface area contributed by atoms with E-state index in [1.807, 2.05) is 58.0 Å². The number of rotatable bonds is 8. The summed E-state index contributed by atoms with van der Waals surface area (Å²) in [7, 11) is 3.88. The first-order chi connectivity index (χ1) is 31.9. The maximum atomic E-state index is 13.8. The molecular formula is C52H85N5O11. The van der Waals surface area contributed by atoms with Crippen LogP contribution >= 0.6 is 0 Å². The minimum absolute atomic E-state index is 0.164. The number of nitrogens with one attached hydrogen (secondary N) is 1. The monoisotopic (exact) mass is 956 g/mol. The van der Waals surface area contributed by atoms with Crippen molar-refractivity contribution in [2.75, 3.05) is 27.2 Å². The van der Waals surface area contributed by atoms with Crippen molar-refractivity contribution in [3.63, 3.8) is 0 Å². The van der Waals surface area contributed by atoms with E-state index >= 15 is 0 Å². The largest absolute Gasteiger partial charge is 0.458 e. The molecule has 18 atom stereocenters. The average molecular weight is 956 g/mol. The van der Waals surface area contributed by atoms with Crippen molar-refractivity contribution in [3.05, 3.63) is 48.3 Å². The van der Waals surface area contributed by atoms with Gasteiger partial charge in [-0.25, -0.2) is 9.48 Å². The van der Waals surface area contributed by atoms with Crippen LogP contribution in [0.1, 0.15) is 138 Å². The van der Waals surface area contributed by atoms with Gasteiger partial charge in [-0.05, 0) is 84.2 Å². The van der Waals surface area contributed by atoms with Gasteiger partial charge in [0.25, 0.3) is 5.91 Å². The predicted octanol–water partition coefficient (Wildman–Crippen LogP) is 5.65. The highest BCUT2D eigenvalue weighted by Gasteiger charge is 2.56. The van der Waals surface area contributed by atoms with Gasteiger partial charge in [0.15, 0.2) is 17.3 Å². The molecule has 4 heterocycles. The third-order valence-corrected chi connectivity index (χ3v) is 15.5. The fraction of sp³-hybridized carbons (Fsp3) is 0.769. The summed E-state index contributed by atoms with van der Waals surface area (Å²) in [6.07, 6.45) is 11.6. The number of nitrogens with zero attached hydrogens (tertiary/aromatic N) is 4. The summed E-state index contributed by atoms with van der Waals surface area (Å²) >= 11 is 0. The summed E-state index contributed by atoms with van der Waals surface area (Å²) in [6.45, 7) is 20.6. The number of carbonyl (C=O) groups excluding carboxylic acids is 4. The number of Topliss-reactive ketones (excluding diaryl/α,β-unsaturated/α-hetero) is 2. The lowest BCUT2D eigenvalue weighted by molar-refractivity contribution is -0.370. The molecule has 3 aliphatic heterocycles. The molecule has 2 bridgehead atoms. The van der Waals surface area contributed by atoms with Gasteiger partial charge in [-0.2, -0.15) is 0 Å². The molecule has 2 fully saturated rings. The summed E-state index contributed by atoms with van der Waals surface area (Å²) < 4.78 is 22.3. The summed E-state index contributed by atoms with van der Waals surface area (Å²) in [4.78, 5) is 55.8. The molecule has 3 aliphatic rings. The van der Waals surface area contributed by atoms with Gasteiger partial charge in [0.2, 0.25) is 0 Å². The number of likely N-dealkylation sites (N-methyl/N-ethyl adjacent to an activating group) is 1. The zero-order valence-electron chi connectivity index (χ0n) is 43.1. The summed E-state index contributed by atoms with van der Waals surface area (Å²) in [5.74, 6) is -7.95. The van der Waals surface area contributed by atoms with Gasteiger partial charge in [0.05, 0.1) is 42.8 Å². The molecule has 16 nitrogen and oxygen atoms in total. The first-order valence-corrected chi connectivity index (χ1v) is 25.1. The van der Waals surface area contributed by atoms with E-state index in [0.717, 1.165) is 19.3 Å². The summed E-state index contributed by atoms with van der Waals surface area (Å²) in [5, 5.41) is 56.5. The van der Waals surface area contributed by atoms with Crippen molar-refractivity contribution in [2.24, 2.45) is 53.3 Å². The highest BCUT2D eigenvalue weighted by atomic mass is 16.7. The molecule has 1 aromatic heterocycles. The van der Waals surface area contributed by atoms with Crippen LogP contribution in [-0.4, -0.2) is 139 Å². The van der Waals surface area contributed by atoms with Gasteiger partial charge in [-0.3, -0.25) is 14.4 Å². The maximum absolute atomic E-state index is 13.8. The number of ether oxygens (including phenoxy) is 3. The maximum Gasteiger partial charge on any atom is 0.330 e. The van der Waals surface area contributed by atoms with Gasteiger partial charge in [-0.15, -0.1) is 5.10 Å². The molecular weight excluding hydrogens is 871 g/mol. The van der Waals surface area contributed by atoms with Crippen molar-refractivity contribution in [2.45, 2.75) is 175 Å². The molecule has 4 rings (SSSR count). The Bertz CT molecular complexity index is 1920. The minimum Gasteiger partial charge on any atom is -0.458 e. The number of hydrogen-bond acceptors (Lipinski definition) is 14. The second-order valence-corrected chi connectivity index (χ2v) is 21.1. The summed E-state index contributed by atoms with van der Waals surface area (Å²) in [6, 6.07) is -0.164. The highest BCUT2D eigenvalue weighted by Crippen LogP contribution is 2.49. The highest BCUT2D eigenvalue weighted by molar-refractivity contribution is 5.92. The molecule has 2 saturated heterocycles. The number of ketones is 2. The second kappa shape index (κ2) is 25.0. The molecule has 1 spiro atoms. The van der Waals surface area contributed by atoms with E-state index in [1.165, 1.54) is 39.8 Å². The van der Waals surface area contributed by atoms with Crippen LogP contribution in [-0.2, 0) is 28.6 Å². The first-order valence-electron chi connectivity index (χ1n) is 25.1. The Morgan fingerprint density at radius 3 is 2.26 bits per heavy atom. The van der Waals surface area contributed by atoms with Gasteiger partial charge in [0.1, 0.15) is 17.5 Å². The lowest BCUT2D eigenvalue weighted by atomic mass is 9.74. The van der Waals surface area contributed by atoms with E-state index in [-0.39, 0.29) is 53.5 Å². The topological polar surface area (TPSA) is 223 Å². The van der Waals surface area contributed by atoms with Crippen LogP contribution < -0.4 is 5.32 Å². The van der Waals surface area contributed by atoms with Crippen molar-refractivity contribution in [3.8, 4) is 0 Å². The van der Waals surface area contributed by atoms with Crippen molar-refractivity contribution in [1.29, 1.82) is 0 Å². The van der Waals surface area contributed by atoms with Crippen LogP contribution in [0, 0.1) is 53.3 Å². The third kappa shape index (κ3) is 14.0. The number of aromatic nitrogens is 3. The number of esters is 1. The van der Waals surface area contributed by atoms with E-state index in [0.29, 0.717) is 38.8 Å². The van der Waals surface area contributed by atoms with Crippen LogP contribution in [0.25, 0.3) is 0 Å². The van der Waals surface area contributed by atoms with Gasteiger partial charge < -0.3 is 44.9 Å². The van der Waals surface area contributed by atoms with Crippen LogP contribution in [0.3, 0.4) is 0 Å². The fourth-order valence-corrected chi connectivity index (χ4v) is 10.2. The quantitative estimate of drug-likeness (QED) is 0.199. The SMILES string of the molecule is CC[C@H]1/C=C/C=C/C[C@@H](C)[C@H](O)[C@@](C)(O)C(=O)[C@@H](C)[C@H](O)[C@@H](C)C(=O)[C@@H](C)[C@H](O)[C@@H](C)/C=C/C(=O)O[C@@H]2[C@H](C)[C@H](CC1)O[C@]1(CC[C@H](C)[C@H](C[C@H](C)n3cc(C(=O)NCCN(C)C)nn3)O1)[C@@H]2C. The van der Waals surface area contributed by atoms with Crippen molar-refractivity contribution in [1.82, 2.24) is 25.2 Å². The Morgan fingerprint density at radius 1 is 0.926 bits per heavy atom. The van der Waals surface area contributed by atoms with Crippen molar-refractivity contribution >= 4 is 23.4 Å². The Hall–Kier alpha value is -3.64. The normalized spacial score (nSPS) is 40.6. The van der Waals surface area contributed by atoms with E-state index in [1.54, 1.807) is 24.7 Å². The average Bonchev–Trinajstić information content (AvgIpc) is 3.81. The molecule has 1 amide bonds. The van der Waals surface area contributed by atoms with E-state index in [4.69, 9.17) is 14.2 Å². The van der Waals surface area contributed by atoms with Gasteiger partial charge in [-0.1, -0.05) is 97.9 Å². The number of aliphatic hydroxyl groups excluding tert-OH is 3. The molecule has 5 N–H and O–H groups in total. The molecule has 0 saturated carbocycles. The van der Waals surface area contributed by atoms with Crippen LogP contribution in [0.2, 0.25) is 0 Å². The molecule has 0 radical (unpaired) electrons. The molecule has 68 heavy (non-hydrogen) atoms. The Kier molecular flexibility index (Phi) is 20.9. The number of carbonyl (C=O) groups is 4. The smallest absolute Gasteiger partial charge is 0.330 e. The van der Waals surface area contributed by atoms with E-state index in [9.17, 15) is 39.6 Å². The zero-order valence-corrected chi connectivity index (χ0v) is 43.1. The van der Waals surface area contributed by atoms with Gasteiger partial charge in [0, 0.05) is 61.1 Å². The Morgan fingerprint density at radius 2 is 1.60 bits per heavy atom. The lowest BCUT2D eigenvalue weighted by Gasteiger charge is -2.55. The molecule has 384 valence electrons. The molecule has 0 aliphatic carbocycles. The molecule has 0 aromatic carbocycles. The molecule has 16 heteroatoms. The zero-order chi connectivity index (χ0) is 50.8. The third-order valence-electron chi connectivity index (χ3n) is 15.5. The fourth-order valence-electron chi connectivity index (χ4n) is 10.2. The van der Waals surface area contributed by atoms with Crippen molar-refractivity contribution < 1.29 is 53.8 Å². The Labute approximate surface area is 405 Å².